The van der Waals surface area contributed by atoms with Crippen LogP contribution in [0.1, 0.15) is 22.8 Å². The standard InChI is InChI=1S/C21H25N3O4/c1-4-22-20(25)15-10-9-14(2)17(11-15)23-21(26)24(3)12-16-13-27-18-7-5-6-8-19(18)28-16/h5-11,16H,4,12-13H2,1-3H3,(H,22,25)(H,23,26). The molecule has 148 valence electrons. The monoisotopic (exact) mass is 383 g/mol. The number of amides is 3. The van der Waals surface area contributed by atoms with Gasteiger partial charge in [-0.3, -0.25) is 4.79 Å². The van der Waals surface area contributed by atoms with Gasteiger partial charge in [0.15, 0.2) is 17.6 Å². The highest BCUT2D eigenvalue weighted by Gasteiger charge is 2.24. The average molecular weight is 383 g/mol. The lowest BCUT2D eigenvalue weighted by Gasteiger charge is -2.29. The van der Waals surface area contributed by atoms with Crippen LogP contribution in [-0.2, 0) is 0 Å². The van der Waals surface area contributed by atoms with E-state index in [0.717, 1.165) is 5.56 Å². The maximum atomic E-state index is 12.6. The number of para-hydroxylation sites is 2. The van der Waals surface area contributed by atoms with E-state index in [1.807, 2.05) is 44.2 Å². The predicted octanol–water partition coefficient (Wildman–Crippen LogP) is 3.05. The van der Waals surface area contributed by atoms with Crippen LogP contribution in [0.5, 0.6) is 11.5 Å². The molecule has 0 aromatic heterocycles. The van der Waals surface area contributed by atoms with Crippen LogP contribution in [0.2, 0.25) is 0 Å². The molecule has 7 nitrogen and oxygen atoms in total. The molecule has 2 N–H and O–H groups in total. The Labute approximate surface area is 164 Å². The lowest BCUT2D eigenvalue weighted by molar-refractivity contribution is 0.0731. The fraction of sp³-hybridized carbons (Fsp3) is 0.333. The Morgan fingerprint density at radius 1 is 1.18 bits per heavy atom. The van der Waals surface area contributed by atoms with Crippen molar-refractivity contribution in [1.29, 1.82) is 0 Å². The molecular formula is C21H25N3O4. The van der Waals surface area contributed by atoms with Gasteiger partial charge < -0.3 is 25.0 Å². The number of carbonyl (C=O) groups is 2. The highest BCUT2D eigenvalue weighted by atomic mass is 16.6. The van der Waals surface area contributed by atoms with Crippen molar-refractivity contribution in [2.75, 3.05) is 32.1 Å². The summed E-state index contributed by atoms with van der Waals surface area (Å²) in [7, 11) is 1.70. The number of benzene rings is 2. The van der Waals surface area contributed by atoms with Crippen LogP contribution >= 0.6 is 0 Å². The number of rotatable bonds is 5. The van der Waals surface area contributed by atoms with Gasteiger partial charge >= 0.3 is 6.03 Å². The number of ether oxygens (including phenoxy) is 2. The van der Waals surface area contributed by atoms with Crippen LogP contribution in [0.25, 0.3) is 0 Å². The zero-order chi connectivity index (χ0) is 20.1. The normalized spacial score (nSPS) is 14.9. The quantitative estimate of drug-likeness (QED) is 0.832. The summed E-state index contributed by atoms with van der Waals surface area (Å²) in [5.74, 6) is 1.22. The van der Waals surface area contributed by atoms with E-state index in [-0.39, 0.29) is 18.0 Å². The molecule has 3 amide bonds. The van der Waals surface area contributed by atoms with Crippen LogP contribution < -0.4 is 20.1 Å². The second-order valence-corrected chi connectivity index (χ2v) is 6.70. The van der Waals surface area contributed by atoms with Crippen LogP contribution in [-0.4, -0.2) is 49.7 Å². The second-order valence-electron chi connectivity index (χ2n) is 6.70. The highest BCUT2D eigenvalue weighted by molar-refractivity contribution is 5.97. The van der Waals surface area contributed by atoms with Gasteiger partial charge in [-0.05, 0) is 43.7 Å². The summed E-state index contributed by atoms with van der Waals surface area (Å²) in [5.41, 5.74) is 1.98. The van der Waals surface area contributed by atoms with Gasteiger partial charge in [0.2, 0.25) is 0 Å². The molecule has 0 saturated heterocycles. The first-order valence-corrected chi connectivity index (χ1v) is 9.27. The first-order chi connectivity index (χ1) is 13.5. The Morgan fingerprint density at radius 3 is 2.68 bits per heavy atom. The van der Waals surface area contributed by atoms with E-state index in [2.05, 4.69) is 10.6 Å². The zero-order valence-electron chi connectivity index (χ0n) is 16.3. The van der Waals surface area contributed by atoms with E-state index in [0.29, 0.717) is 42.4 Å². The molecule has 0 fully saturated rings. The first-order valence-electron chi connectivity index (χ1n) is 9.27. The largest absolute Gasteiger partial charge is 0.486 e. The van der Waals surface area contributed by atoms with Crippen molar-refractivity contribution in [3.63, 3.8) is 0 Å². The summed E-state index contributed by atoms with van der Waals surface area (Å²) in [5, 5.41) is 5.62. The second kappa shape index (κ2) is 8.65. The van der Waals surface area contributed by atoms with Crippen molar-refractivity contribution >= 4 is 17.6 Å². The Kier molecular flexibility index (Phi) is 6.03. The molecule has 0 radical (unpaired) electrons. The zero-order valence-corrected chi connectivity index (χ0v) is 16.3. The lowest BCUT2D eigenvalue weighted by Crippen LogP contribution is -2.43. The van der Waals surface area contributed by atoms with Gasteiger partial charge in [0.1, 0.15) is 6.61 Å². The van der Waals surface area contributed by atoms with Crippen LogP contribution in [0.15, 0.2) is 42.5 Å². The Morgan fingerprint density at radius 2 is 1.93 bits per heavy atom. The Bertz CT molecular complexity index is 868. The molecule has 0 saturated carbocycles. The third-order valence-corrected chi connectivity index (χ3v) is 4.47. The van der Waals surface area contributed by atoms with Gasteiger partial charge in [0.25, 0.3) is 5.91 Å². The molecule has 0 bridgehead atoms. The number of fused-ring (bicyclic) bond motifs is 1. The average Bonchev–Trinajstić information content (AvgIpc) is 2.69. The molecule has 1 aliphatic rings. The summed E-state index contributed by atoms with van der Waals surface area (Å²) in [6.45, 7) is 5.03. The van der Waals surface area contributed by atoms with Gasteiger partial charge in [0, 0.05) is 24.8 Å². The maximum absolute atomic E-state index is 12.6. The third-order valence-electron chi connectivity index (χ3n) is 4.47. The van der Waals surface area contributed by atoms with E-state index >= 15 is 0 Å². The highest BCUT2D eigenvalue weighted by Crippen LogP contribution is 2.31. The number of likely N-dealkylation sites (N-methyl/N-ethyl adjacent to an activating group) is 1. The number of hydrogen-bond acceptors (Lipinski definition) is 4. The summed E-state index contributed by atoms with van der Waals surface area (Å²) in [6.07, 6.45) is -0.256. The fourth-order valence-electron chi connectivity index (χ4n) is 2.91. The fourth-order valence-corrected chi connectivity index (χ4v) is 2.91. The smallest absolute Gasteiger partial charge is 0.321 e. The predicted molar refractivity (Wildman–Crippen MR) is 107 cm³/mol. The Balaban J connectivity index is 1.62. The van der Waals surface area contributed by atoms with Gasteiger partial charge in [-0.25, -0.2) is 4.79 Å². The van der Waals surface area contributed by atoms with Gasteiger partial charge in [0.05, 0.1) is 6.54 Å². The first kappa shape index (κ1) is 19.5. The summed E-state index contributed by atoms with van der Waals surface area (Å²) in [6, 6.07) is 12.4. The van der Waals surface area contributed by atoms with Gasteiger partial charge in [-0.1, -0.05) is 18.2 Å². The van der Waals surface area contributed by atoms with E-state index in [4.69, 9.17) is 9.47 Å². The van der Waals surface area contributed by atoms with Gasteiger partial charge in [-0.15, -0.1) is 0 Å². The molecule has 1 aliphatic heterocycles. The minimum atomic E-state index is -0.279. The number of carbonyl (C=O) groups excluding carboxylic acids is 2. The molecular weight excluding hydrogens is 358 g/mol. The molecule has 2 aromatic rings. The van der Waals surface area contributed by atoms with E-state index in [9.17, 15) is 9.59 Å². The summed E-state index contributed by atoms with van der Waals surface area (Å²) in [4.78, 5) is 26.2. The molecule has 0 aliphatic carbocycles. The number of aryl methyl sites for hydroxylation is 1. The lowest BCUT2D eigenvalue weighted by atomic mass is 10.1. The minimum absolute atomic E-state index is 0.169. The topological polar surface area (TPSA) is 79.9 Å². The van der Waals surface area contributed by atoms with Crippen molar-refractivity contribution in [2.24, 2.45) is 0 Å². The molecule has 1 heterocycles. The molecule has 0 spiro atoms. The number of urea groups is 1. The summed E-state index contributed by atoms with van der Waals surface area (Å²) < 4.78 is 11.6. The van der Waals surface area contributed by atoms with Crippen molar-refractivity contribution < 1.29 is 19.1 Å². The van der Waals surface area contributed by atoms with E-state index in [1.165, 1.54) is 0 Å². The van der Waals surface area contributed by atoms with Crippen molar-refractivity contribution in [2.45, 2.75) is 20.0 Å². The molecule has 1 unspecified atom stereocenters. The molecule has 7 heteroatoms. The van der Waals surface area contributed by atoms with Crippen LogP contribution in [0, 0.1) is 6.92 Å². The summed E-state index contributed by atoms with van der Waals surface area (Å²) >= 11 is 0. The third kappa shape index (κ3) is 4.54. The Hall–Kier alpha value is -3.22. The molecule has 1 atom stereocenters. The minimum Gasteiger partial charge on any atom is -0.486 e. The van der Waals surface area contributed by atoms with E-state index < -0.39 is 0 Å². The van der Waals surface area contributed by atoms with Crippen LogP contribution in [0.4, 0.5) is 10.5 Å². The van der Waals surface area contributed by atoms with Gasteiger partial charge in [-0.2, -0.15) is 0 Å². The molecule has 3 rings (SSSR count). The number of nitrogens with one attached hydrogen (secondary N) is 2. The van der Waals surface area contributed by atoms with Crippen molar-refractivity contribution in [3.8, 4) is 11.5 Å². The van der Waals surface area contributed by atoms with Crippen molar-refractivity contribution in [1.82, 2.24) is 10.2 Å². The maximum Gasteiger partial charge on any atom is 0.321 e. The van der Waals surface area contributed by atoms with Crippen LogP contribution in [0.3, 0.4) is 0 Å². The number of hydrogen-bond donors (Lipinski definition) is 2. The SMILES string of the molecule is CCNC(=O)c1ccc(C)c(NC(=O)N(C)CC2COc3ccccc3O2)c1. The number of nitrogens with zero attached hydrogens (tertiary/aromatic N) is 1. The number of anilines is 1. The molecule has 28 heavy (non-hydrogen) atoms. The van der Waals surface area contributed by atoms with E-state index in [1.54, 1.807) is 24.1 Å². The van der Waals surface area contributed by atoms with Crippen molar-refractivity contribution in [3.05, 3.63) is 53.6 Å². The molecule has 2 aromatic carbocycles.